The number of pyridine rings is 2. The van der Waals surface area contributed by atoms with Crippen LogP contribution in [-0.4, -0.2) is 56.6 Å². The van der Waals surface area contributed by atoms with E-state index >= 15 is 0 Å². The predicted molar refractivity (Wildman–Crippen MR) is 141 cm³/mol. The first-order chi connectivity index (χ1) is 18.5. The summed E-state index contributed by atoms with van der Waals surface area (Å²) in [5, 5.41) is 25.1. The highest BCUT2D eigenvalue weighted by Gasteiger charge is 2.48. The molecule has 10 nitrogen and oxygen atoms in total. The predicted octanol–water partition coefficient (Wildman–Crippen LogP) is 2.79. The molecule has 2 N–H and O–H groups in total. The Morgan fingerprint density at radius 1 is 1.13 bits per heavy atom. The zero-order valence-corrected chi connectivity index (χ0v) is 21.5. The van der Waals surface area contributed by atoms with Gasteiger partial charge in [-0.3, -0.25) is 14.5 Å². The maximum absolute atomic E-state index is 13.2. The van der Waals surface area contributed by atoms with E-state index in [1.165, 1.54) is 0 Å². The van der Waals surface area contributed by atoms with E-state index in [4.69, 9.17) is 9.72 Å². The largest absolute Gasteiger partial charge is 0.381 e. The van der Waals surface area contributed by atoms with Crippen molar-refractivity contribution in [2.24, 2.45) is 13.0 Å². The van der Waals surface area contributed by atoms with Crippen LogP contribution in [0.15, 0.2) is 49.2 Å². The van der Waals surface area contributed by atoms with Gasteiger partial charge in [0.2, 0.25) is 5.91 Å². The number of nitrogens with one attached hydrogen (secondary N) is 2. The quantitative estimate of drug-likeness (QED) is 0.409. The number of nitrogens with zero attached hydrogens (tertiary/aromatic N) is 6. The number of aryl methyl sites for hydroxylation is 1. The zero-order valence-electron chi connectivity index (χ0n) is 21.5. The second-order valence-electron chi connectivity index (χ2n) is 10.3. The molecule has 1 aliphatic heterocycles. The molecule has 0 unspecified atom stereocenters. The number of aromatic nitrogens is 5. The van der Waals surface area contributed by atoms with Crippen LogP contribution < -0.4 is 10.6 Å². The minimum atomic E-state index is -0.539. The number of carbonyl (C=O) groups is 1. The lowest BCUT2D eigenvalue weighted by Gasteiger charge is -2.47. The molecule has 2 fully saturated rings. The molecule has 1 amide bonds. The summed E-state index contributed by atoms with van der Waals surface area (Å²) < 4.78 is 9.06. The Morgan fingerprint density at radius 3 is 2.61 bits per heavy atom. The van der Waals surface area contributed by atoms with E-state index in [0.29, 0.717) is 18.4 Å². The monoisotopic (exact) mass is 510 g/mol. The normalized spacial score (nSPS) is 21.7. The Labute approximate surface area is 220 Å². The molecule has 4 aromatic rings. The van der Waals surface area contributed by atoms with E-state index in [-0.39, 0.29) is 17.9 Å². The molecular weight excluding hydrogens is 480 g/mol. The van der Waals surface area contributed by atoms with E-state index < -0.39 is 5.54 Å². The maximum Gasteiger partial charge on any atom is 0.223 e. The van der Waals surface area contributed by atoms with Crippen LogP contribution in [-0.2, 0) is 22.1 Å². The van der Waals surface area contributed by atoms with E-state index in [2.05, 4.69) is 26.9 Å². The Balaban J connectivity index is 1.36. The van der Waals surface area contributed by atoms with Crippen molar-refractivity contribution in [3.05, 3.63) is 60.4 Å². The Morgan fingerprint density at radius 2 is 1.95 bits per heavy atom. The summed E-state index contributed by atoms with van der Waals surface area (Å²) in [7, 11) is 3.58. The minimum absolute atomic E-state index is 0.0174. The Bertz CT molecular complexity index is 1520. The fourth-order valence-corrected chi connectivity index (χ4v) is 5.67. The Hall–Kier alpha value is -4.07. The third-order valence-corrected chi connectivity index (χ3v) is 7.89. The lowest BCUT2D eigenvalue weighted by atomic mass is 9.71. The number of carbonyl (C=O) groups excluding carboxylic acids is 1. The number of nitriles is 1. The highest BCUT2D eigenvalue weighted by Crippen LogP contribution is 2.43. The van der Waals surface area contributed by atoms with Crippen molar-refractivity contribution in [2.45, 2.75) is 37.3 Å². The fraction of sp³-hybridized carbons (Fsp3) is 0.393. The second-order valence-corrected chi connectivity index (χ2v) is 10.3. The summed E-state index contributed by atoms with van der Waals surface area (Å²) in [5.41, 5.74) is 5.12. The van der Waals surface area contributed by atoms with Gasteiger partial charge in [-0.15, -0.1) is 0 Å². The molecule has 0 bridgehead atoms. The molecular formula is C28H30N8O2. The first-order valence-electron chi connectivity index (χ1n) is 12.9. The third-order valence-electron chi connectivity index (χ3n) is 7.89. The van der Waals surface area contributed by atoms with Gasteiger partial charge in [-0.1, -0.05) is 6.07 Å². The van der Waals surface area contributed by atoms with Gasteiger partial charge in [-0.2, -0.15) is 15.5 Å². The van der Waals surface area contributed by atoms with E-state index in [0.717, 1.165) is 59.4 Å². The number of fused-ring (bicyclic) bond motifs is 1. The number of methoxy groups -OCH3 is 1. The van der Waals surface area contributed by atoms with Crippen molar-refractivity contribution in [1.29, 1.82) is 5.26 Å². The number of piperidine rings is 1. The molecule has 194 valence electrons. The lowest BCUT2D eigenvalue weighted by molar-refractivity contribution is -0.132. The number of rotatable bonds is 6. The molecule has 1 saturated heterocycles. The molecule has 4 aromatic heterocycles. The molecule has 2 aliphatic rings. The van der Waals surface area contributed by atoms with Gasteiger partial charge in [0.25, 0.3) is 0 Å². The fourth-order valence-electron chi connectivity index (χ4n) is 5.67. The topological polar surface area (TPSA) is 122 Å². The molecule has 0 radical (unpaired) electrons. The van der Waals surface area contributed by atoms with Crippen LogP contribution in [0, 0.1) is 17.2 Å². The van der Waals surface area contributed by atoms with Gasteiger partial charge in [-0.05, 0) is 38.1 Å². The van der Waals surface area contributed by atoms with Crippen LogP contribution in [0.3, 0.4) is 0 Å². The molecule has 6 rings (SSSR count). The maximum atomic E-state index is 13.2. The lowest BCUT2D eigenvalue weighted by Crippen LogP contribution is -2.59. The van der Waals surface area contributed by atoms with Gasteiger partial charge in [-0.25, -0.2) is 4.52 Å². The number of hydrogen-bond donors (Lipinski definition) is 2. The van der Waals surface area contributed by atoms with Crippen LogP contribution in [0.5, 0.6) is 0 Å². The minimum Gasteiger partial charge on any atom is -0.381 e. The van der Waals surface area contributed by atoms with Gasteiger partial charge in [0.05, 0.1) is 40.8 Å². The molecule has 38 heavy (non-hydrogen) atoms. The van der Waals surface area contributed by atoms with Crippen molar-refractivity contribution < 1.29 is 9.53 Å². The summed E-state index contributed by atoms with van der Waals surface area (Å²) in [6.45, 7) is 1.73. The van der Waals surface area contributed by atoms with Crippen LogP contribution in [0.4, 0.5) is 0 Å². The molecule has 0 aromatic carbocycles. The van der Waals surface area contributed by atoms with Gasteiger partial charge in [0.15, 0.2) is 0 Å². The summed E-state index contributed by atoms with van der Waals surface area (Å²) in [4.78, 5) is 18.0. The third kappa shape index (κ3) is 4.23. The molecule has 10 heteroatoms. The van der Waals surface area contributed by atoms with E-state index in [1.54, 1.807) is 28.7 Å². The average Bonchev–Trinajstić information content (AvgIpc) is 3.56. The number of amides is 1. The summed E-state index contributed by atoms with van der Waals surface area (Å²) in [5.74, 6) is 0.111. The second kappa shape index (κ2) is 9.67. The average molecular weight is 511 g/mol. The van der Waals surface area contributed by atoms with Crippen LogP contribution >= 0.6 is 0 Å². The summed E-state index contributed by atoms with van der Waals surface area (Å²) in [6, 6.07) is 8.30. The van der Waals surface area contributed by atoms with Crippen molar-refractivity contribution in [2.75, 3.05) is 20.2 Å². The van der Waals surface area contributed by atoms with E-state index in [9.17, 15) is 10.1 Å². The highest BCUT2D eigenvalue weighted by molar-refractivity contribution is 5.87. The number of ether oxygens (including phenoxy) is 1. The van der Waals surface area contributed by atoms with Crippen molar-refractivity contribution >= 4 is 11.4 Å². The first kappa shape index (κ1) is 24.3. The van der Waals surface area contributed by atoms with Crippen LogP contribution in [0.25, 0.3) is 27.8 Å². The van der Waals surface area contributed by atoms with Crippen molar-refractivity contribution in [3.8, 4) is 28.3 Å². The van der Waals surface area contributed by atoms with Crippen LogP contribution in [0.1, 0.15) is 36.9 Å². The van der Waals surface area contributed by atoms with Gasteiger partial charge >= 0.3 is 0 Å². The molecule has 0 spiro atoms. The number of hydrogen-bond acceptors (Lipinski definition) is 7. The summed E-state index contributed by atoms with van der Waals surface area (Å²) >= 11 is 0. The highest BCUT2D eigenvalue weighted by atomic mass is 16.5. The molecule has 0 atom stereocenters. The van der Waals surface area contributed by atoms with Gasteiger partial charge < -0.3 is 15.4 Å². The van der Waals surface area contributed by atoms with Gasteiger partial charge in [0.1, 0.15) is 6.07 Å². The summed E-state index contributed by atoms with van der Waals surface area (Å²) in [6.07, 6.45) is 12.2. The van der Waals surface area contributed by atoms with Crippen molar-refractivity contribution in [1.82, 2.24) is 35.0 Å². The van der Waals surface area contributed by atoms with Gasteiger partial charge in [0, 0.05) is 73.8 Å². The zero-order chi connectivity index (χ0) is 26.3. The van der Waals surface area contributed by atoms with Crippen LogP contribution in [0.2, 0.25) is 0 Å². The standard InChI is InChI=1S/C28H30N8O2/c1-35-16-22(15-32-35)20-9-24(26-21(12-29)14-33-36(26)17-20)19-3-4-25(31-13-19)28(10-23(11-28)38-2)34-27(37)18-5-7-30-8-6-18/h3-4,9,13-18,23,30H,5-8,10-11H2,1-2H3,(H,34,37). The SMILES string of the molecule is COC1CC(NC(=O)C2CCNCC2)(c2ccc(-c3cc(-c4cnn(C)c4)cn4ncc(C#N)c34)cn2)C1. The Kier molecular flexibility index (Phi) is 6.18. The van der Waals surface area contributed by atoms with Crippen molar-refractivity contribution in [3.63, 3.8) is 0 Å². The molecule has 5 heterocycles. The van der Waals surface area contributed by atoms with E-state index in [1.807, 2.05) is 43.8 Å². The first-order valence-corrected chi connectivity index (χ1v) is 12.9. The smallest absolute Gasteiger partial charge is 0.223 e. The molecule has 1 saturated carbocycles. The molecule has 1 aliphatic carbocycles.